The van der Waals surface area contributed by atoms with Gasteiger partial charge in [0.25, 0.3) is 0 Å². The fourth-order valence-electron chi connectivity index (χ4n) is 2.44. The summed E-state index contributed by atoms with van der Waals surface area (Å²) in [6.07, 6.45) is 0. The van der Waals surface area contributed by atoms with Crippen LogP contribution in [0.3, 0.4) is 0 Å². The Kier molecular flexibility index (Phi) is 4.38. The Balaban J connectivity index is 2.35. The number of carbonyl (C=O) groups is 1. The number of rotatable bonds is 2. The van der Waals surface area contributed by atoms with E-state index in [4.69, 9.17) is 0 Å². The zero-order valence-electron chi connectivity index (χ0n) is 10.9. The average Bonchev–Trinajstić information content (AvgIpc) is 2.27. The number of ketones is 1. The number of hydrogen-bond donors (Lipinski definition) is 0. The Morgan fingerprint density at radius 2 is 1.94 bits per heavy atom. The van der Waals surface area contributed by atoms with Gasteiger partial charge in [0.15, 0.2) is 5.78 Å². The second-order valence-electron chi connectivity index (χ2n) is 4.88. The molecule has 0 bridgehead atoms. The second kappa shape index (κ2) is 5.66. The van der Waals surface area contributed by atoms with Crippen molar-refractivity contribution in [1.82, 2.24) is 0 Å². The lowest BCUT2D eigenvalue weighted by molar-refractivity contribution is 0.101. The van der Waals surface area contributed by atoms with Gasteiger partial charge in [-0.05, 0) is 25.1 Å². The van der Waals surface area contributed by atoms with Gasteiger partial charge in [-0.1, -0.05) is 29.8 Å². The second-order valence-corrected chi connectivity index (χ2v) is 7.68. The molecule has 4 heteroatoms. The summed E-state index contributed by atoms with van der Waals surface area (Å²) in [5, 5.41) is 1.22. The van der Waals surface area contributed by atoms with Crippen molar-refractivity contribution in [2.75, 3.05) is 18.0 Å². The normalized spacial score (nSPS) is 24.1. The molecule has 1 aliphatic rings. The number of halogens is 1. The number of thioether (sulfide) groups is 1. The highest BCUT2D eigenvalue weighted by Crippen LogP contribution is 2.32. The van der Waals surface area contributed by atoms with E-state index in [2.05, 4.69) is 40.7 Å². The molecule has 0 spiro atoms. The maximum Gasteiger partial charge on any atom is 0.161 e. The molecule has 2 nitrogen and oxygen atoms in total. The minimum Gasteiger partial charge on any atom is -0.369 e. The molecule has 98 valence electrons. The summed E-state index contributed by atoms with van der Waals surface area (Å²) in [5.41, 5.74) is 1.89. The van der Waals surface area contributed by atoms with Crippen molar-refractivity contribution in [3.8, 4) is 0 Å². The first-order chi connectivity index (χ1) is 8.47. The van der Waals surface area contributed by atoms with E-state index in [0.29, 0.717) is 10.5 Å². The molecule has 2 unspecified atom stereocenters. The van der Waals surface area contributed by atoms with Crippen LogP contribution in [0, 0.1) is 0 Å². The molecular formula is C14H18BrNOS. The molecule has 0 N–H and O–H groups in total. The number of nitrogens with zero attached hydrogens (tertiary/aromatic N) is 1. The van der Waals surface area contributed by atoms with Crippen molar-refractivity contribution >= 4 is 39.2 Å². The average molecular weight is 328 g/mol. The monoisotopic (exact) mass is 327 g/mol. The molecule has 1 aromatic carbocycles. The maximum absolute atomic E-state index is 11.8. The maximum atomic E-state index is 11.8. The van der Waals surface area contributed by atoms with E-state index < -0.39 is 0 Å². The molecule has 1 fully saturated rings. The molecule has 2 rings (SSSR count). The third-order valence-electron chi connectivity index (χ3n) is 3.10. The quantitative estimate of drug-likeness (QED) is 0.766. The number of benzene rings is 1. The molecule has 0 aromatic heterocycles. The lowest BCUT2D eigenvalue weighted by Crippen LogP contribution is -2.41. The minimum atomic E-state index is 0.129. The van der Waals surface area contributed by atoms with E-state index in [0.717, 1.165) is 28.8 Å². The fourth-order valence-corrected chi connectivity index (χ4v) is 4.13. The molecule has 0 aliphatic carbocycles. The molecule has 0 radical (unpaired) electrons. The van der Waals surface area contributed by atoms with Gasteiger partial charge in [0.1, 0.15) is 0 Å². The molecule has 1 saturated heterocycles. The molecule has 18 heavy (non-hydrogen) atoms. The Morgan fingerprint density at radius 3 is 2.50 bits per heavy atom. The zero-order valence-corrected chi connectivity index (χ0v) is 13.3. The van der Waals surface area contributed by atoms with Gasteiger partial charge in [0.2, 0.25) is 0 Å². The van der Waals surface area contributed by atoms with Crippen LogP contribution in [-0.4, -0.2) is 29.4 Å². The van der Waals surface area contributed by atoms with Gasteiger partial charge < -0.3 is 4.90 Å². The summed E-state index contributed by atoms with van der Waals surface area (Å²) in [6, 6.07) is 5.99. The van der Waals surface area contributed by atoms with Crippen LogP contribution in [-0.2, 0) is 0 Å². The van der Waals surface area contributed by atoms with Crippen LogP contribution < -0.4 is 4.90 Å². The standard InChI is InChI=1S/C14H18BrNOS/c1-9-7-16(8-10(2)18-9)14-5-4-12(15)6-13(14)11(3)17/h4-6,9-10H,7-8H2,1-3H3. The minimum absolute atomic E-state index is 0.129. The number of Topliss-reactive ketones (excluding diaryl/α,β-unsaturated/α-hetero) is 1. The van der Waals surface area contributed by atoms with Gasteiger partial charge in [0, 0.05) is 39.3 Å². The van der Waals surface area contributed by atoms with Crippen molar-refractivity contribution in [2.45, 2.75) is 31.3 Å². The topological polar surface area (TPSA) is 20.3 Å². The Labute approximate surface area is 121 Å². The smallest absolute Gasteiger partial charge is 0.161 e. The summed E-state index contributed by atoms with van der Waals surface area (Å²) >= 11 is 5.46. The Hall–Kier alpha value is -0.480. The summed E-state index contributed by atoms with van der Waals surface area (Å²) in [7, 11) is 0. The molecule has 1 heterocycles. The molecule has 0 saturated carbocycles. The van der Waals surface area contributed by atoms with Gasteiger partial charge in [-0.25, -0.2) is 0 Å². The first-order valence-electron chi connectivity index (χ1n) is 6.18. The van der Waals surface area contributed by atoms with Gasteiger partial charge >= 0.3 is 0 Å². The van der Waals surface area contributed by atoms with Crippen LogP contribution in [0.4, 0.5) is 5.69 Å². The largest absolute Gasteiger partial charge is 0.369 e. The highest BCUT2D eigenvalue weighted by atomic mass is 79.9. The van der Waals surface area contributed by atoms with Gasteiger partial charge in [-0.15, -0.1) is 0 Å². The molecule has 2 atom stereocenters. The van der Waals surface area contributed by atoms with E-state index in [1.165, 1.54) is 0 Å². The van der Waals surface area contributed by atoms with E-state index in [1.54, 1.807) is 6.92 Å². The van der Waals surface area contributed by atoms with Gasteiger partial charge in [0.05, 0.1) is 0 Å². The van der Waals surface area contributed by atoms with Crippen LogP contribution in [0.25, 0.3) is 0 Å². The van der Waals surface area contributed by atoms with E-state index in [1.807, 2.05) is 23.9 Å². The van der Waals surface area contributed by atoms with Crippen molar-refractivity contribution in [2.24, 2.45) is 0 Å². The van der Waals surface area contributed by atoms with Crippen molar-refractivity contribution in [1.29, 1.82) is 0 Å². The van der Waals surface area contributed by atoms with Crippen molar-refractivity contribution < 1.29 is 4.79 Å². The Morgan fingerprint density at radius 1 is 1.33 bits per heavy atom. The van der Waals surface area contributed by atoms with Crippen LogP contribution in [0.15, 0.2) is 22.7 Å². The molecule has 0 amide bonds. The zero-order chi connectivity index (χ0) is 13.3. The van der Waals surface area contributed by atoms with Crippen molar-refractivity contribution in [3.05, 3.63) is 28.2 Å². The summed E-state index contributed by atoms with van der Waals surface area (Å²) in [4.78, 5) is 14.1. The van der Waals surface area contributed by atoms with E-state index >= 15 is 0 Å². The molecule has 1 aromatic rings. The predicted octanol–water partition coefficient (Wildman–Crippen LogP) is 3.98. The lowest BCUT2D eigenvalue weighted by Gasteiger charge is -2.37. The summed E-state index contributed by atoms with van der Waals surface area (Å²) < 4.78 is 0.962. The highest BCUT2D eigenvalue weighted by Gasteiger charge is 2.24. The first kappa shape index (κ1) is 13.9. The van der Waals surface area contributed by atoms with Gasteiger partial charge in [-0.2, -0.15) is 11.8 Å². The highest BCUT2D eigenvalue weighted by molar-refractivity contribution is 9.10. The Bertz CT molecular complexity index is 453. The first-order valence-corrected chi connectivity index (χ1v) is 7.92. The van der Waals surface area contributed by atoms with Crippen LogP contribution in [0.2, 0.25) is 0 Å². The summed E-state index contributed by atoms with van der Waals surface area (Å²) in [5.74, 6) is 0.129. The third kappa shape index (κ3) is 3.09. The summed E-state index contributed by atoms with van der Waals surface area (Å²) in [6.45, 7) is 8.16. The lowest BCUT2D eigenvalue weighted by atomic mass is 10.1. The van der Waals surface area contributed by atoms with Crippen LogP contribution >= 0.6 is 27.7 Å². The third-order valence-corrected chi connectivity index (χ3v) is 4.82. The molecular weight excluding hydrogens is 310 g/mol. The van der Waals surface area contributed by atoms with Crippen LogP contribution in [0.1, 0.15) is 31.1 Å². The fraction of sp³-hybridized carbons (Fsp3) is 0.500. The van der Waals surface area contributed by atoms with Crippen molar-refractivity contribution in [3.63, 3.8) is 0 Å². The van der Waals surface area contributed by atoms with E-state index in [9.17, 15) is 4.79 Å². The van der Waals surface area contributed by atoms with Gasteiger partial charge in [-0.3, -0.25) is 4.79 Å². The number of anilines is 1. The predicted molar refractivity (Wildman–Crippen MR) is 82.9 cm³/mol. The van der Waals surface area contributed by atoms with Crippen LogP contribution in [0.5, 0.6) is 0 Å². The molecule has 1 aliphatic heterocycles. The number of hydrogen-bond acceptors (Lipinski definition) is 3. The number of carbonyl (C=O) groups excluding carboxylic acids is 1. The SMILES string of the molecule is CC(=O)c1cc(Br)ccc1N1CC(C)SC(C)C1. The van der Waals surface area contributed by atoms with E-state index in [-0.39, 0.29) is 5.78 Å².